The third kappa shape index (κ3) is 3.32. The van der Waals surface area contributed by atoms with Crippen molar-refractivity contribution in [3.63, 3.8) is 0 Å². The van der Waals surface area contributed by atoms with E-state index in [9.17, 15) is 8.42 Å². The van der Waals surface area contributed by atoms with Crippen molar-refractivity contribution in [3.05, 3.63) is 51.6 Å². The normalized spacial score (nSPS) is 20.7. The van der Waals surface area contributed by atoms with Crippen LogP contribution in [0.3, 0.4) is 0 Å². The average Bonchev–Trinajstić information content (AvgIpc) is 2.48. The molecule has 7 heteroatoms. The van der Waals surface area contributed by atoms with Gasteiger partial charge in [-0.15, -0.1) is 0 Å². The smallest absolute Gasteiger partial charge is 0.217 e. The molecule has 1 aromatic heterocycles. The molecule has 2 atom stereocenters. The highest BCUT2D eigenvalue weighted by atomic mass is 35.5. The lowest BCUT2D eigenvalue weighted by Crippen LogP contribution is -2.19. The Morgan fingerprint density at radius 1 is 1.22 bits per heavy atom. The molecule has 23 heavy (non-hydrogen) atoms. The first-order valence-electron chi connectivity index (χ1n) is 7.07. The molecule has 1 aromatic carbocycles. The average molecular weight is 372 g/mol. The van der Waals surface area contributed by atoms with Gasteiger partial charge < -0.3 is 4.74 Å². The van der Waals surface area contributed by atoms with Gasteiger partial charge in [0.25, 0.3) is 0 Å². The van der Waals surface area contributed by atoms with Crippen LogP contribution in [-0.2, 0) is 9.84 Å². The van der Waals surface area contributed by atoms with Gasteiger partial charge in [0.2, 0.25) is 5.88 Å². The van der Waals surface area contributed by atoms with E-state index < -0.39 is 9.84 Å². The van der Waals surface area contributed by atoms with E-state index in [2.05, 4.69) is 4.98 Å². The molecule has 4 nitrogen and oxygen atoms in total. The van der Waals surface area contributed by atoms with Crippen molar-refractivity contribution >= 4 is 33.0 Å². The van der Waals surface area contributed by atoms with Crippen LogP contribution in [0.5, 0.6) is 5.88 Å². The second kappa shape index (κ2) is 5.96. The predicted molar refractivity (Wildman–Crippen MR) is 90.2 cm³/mol. The number of pyridine rings is 1. The van der Waals surface area contributed by atoms with E-state index in [1.165, 1.54) is 12.5 Å². The van der Waals surface area contributed by atoms with E-state index in [-0.39, 0.29) is 16.9 Å². The standard InChI is InChI=1S/C16H15Cl2NO3S/c1-9-5-15(10-3-4-13(17)14(18)6-10)22-16-12(9)7-11(8-19-16)23(2,20)21/h3-4,6-9,15H,5H2,1-2H3. The summed E-state index contributed by atoms with van der Waals surface area (Å²) < 4.78 is 29.3. The van der Waals surface area contributed by atoms with Gasteiger partial charge in [0.05, 0.1) is 14.9 Å². The Kier molecular flexibility index (Phi) is 4.29. The Labute approximate surface area is 145 Å². The maximum absolute atomic E-state index is 11.7. The highest BCUT2D eigenvalue weighted by Crippen LogP contribution is 2.42. The lowest BCUT2D eigenvalue weighted by molar-refractivity contribution is 0.155. The van der Waals surface area contributed by atoms with Crippen molar-refractivity contribution in [1.29, 1.82) is 0 Å². The van der Waals surface area contributed by atoms with Crippen LogP contribution in [0.15, 0.2) is 35.4 Å². The van der Waals surface area contributed by atoms with Gasteiger partial charge in [-0.2, -0.15) is 0 Å². The molecule has 1 aliphatic rings. The van der Waals surface area contributed by atoms with E-state index in [4.69, 9.17) is 27.9 Å². The molecule has 0 amide bonds. The molecule has 0 fully saturated rings. The van der Waals surface area contributed by atoms with Crippen LogP contribution < -0.4 is 4.74 Å². The fourth-order valence-electron chi connectivity index (χ4n) is 2.65. The minimum Gasteiger partial charge on any atom is -0.469 e. The summed E-state index contributed by atoms with van der Waals surface area (Å²) >= 11 is 12.0. The largest absolute Gasteiger partial charge is 0.469 e. The molecule has 0 N–H and O–H groups in total. The highest BCUT2D eigenvalue weighted by molar-refractivity contribution is 7.90. The zero-order chi connectivity index (χ0) is 16.8. The minimum atomic E-state index is -3.29. The SMILES string of the molecule is CC1CC(c2ccc(Cl)c(Cl)c2)Oc2ncc(S(C)(=O)=O)cc21. The van der Waals surface area contributed by atoms with Crippen LogP contribution in [0, 0.1) is 0 Å². The number of halogens is 2. The predicted octanol–water partition coefficient (Wildman–Crippen LogP) is 4.42. The lowest BCUT2D eigenvalue weighted by atomic mass is 9.90. The van der Waals surface area contributed by atoms with Crippen LogP contribution in [0.1, 0.15) is 36.5 Å². The summed E-state index contributed by atoms with van der Waals surface area (Å²) in [5, 5.41) is 0.974. The summed E-state index contributed by atoms with van der Waals surface area (Å²) in [6, 6.07) is 7.05. The number of aromatic nitrogens is 1. The number of fused-ring (bicyclic) bond motifs is 1. The van der Waals surface area contributed by atoms with Crippen molar-refractivity contribution in [3.8, 4) is 5.88 Å². The van der Waals surface area contributed by atoms with Crippen LogP contribution in [0.4, 0.5) is 0 Å². The van der Waals surface area contributed by atoms with Crippen LogP contribution in [0.25, 0.3) is 0 Å². The summed E-state index contributed by atoms with van der Waals surface area (Å²) in [5.41, 5.74) is 1.73. The van der Waals surface area contributed by atoms with Gasteiger partial charge in [-0.1, -0.05) is 36.2 Å². The molecule has 0 saturated carbocycles. The van der Waals surface area contributed by atoms with Crippen molar-refractivity contribution in [2.75, 3.05) is 6.26 Å². The zero-order valence-corrected chi connectivity index (χ0v) is 14.9. The molecule has 0 aliphatic carbocycles. The van der Waals surface area contributed by atoms with Gasteiger partial charge in [0.15, 0.2) is 9.84 Å². The Balaban J connectivity index is 1.96. The summed E-state index contributed by atoms with van der Waals surface area (Å²) in [6.07, 6.45) is 3.02. The van der Waals surface area contributed by atoms with Gasteiger partial charge in [0.1, 0.15) is 6.10 Å². The molecule has 2 heterocycles. The van der Waals surface area contributed by atoms with Crippen molar-refractivity contribution in [1.82, 2.24) is 4.98 Å². The highest BCUT2D eigenvalue weighted by Gasteiger charge is 2.29. The molecule has 0 spiro atoms. The lowest BCUT2D eigenvalue weighted by Gasteiger charge is -2.30. The monoisotopic (exact) mass is 371 g/mol. The maximum atomic E-state index is 11.7. The topological polar surface area (TPSA) is 56.3 Å². The van der Waals surface area contributed by atoms with Crippen molar-refractivity contribution in [2.45, 2.75) is 30.3 Å². The van der Waals surface area contributed by atoms with E-state index in [0.29, 0.717) is 22.3 Å². The first-order valence-corrected chi connectivity index (χ1v) is 9.72. The second-order valence-electron chi connectivity index (χ2n) is 5.75. The molecule has 0 saturated heterocycles. The summed E-state index contributed by atoms with van der Waals surface area (Å²) in [5.74, 6) is 0.583. The quantitative estimate of drug-likeness (QED) is 0.783. The molecule has 2 aromatic rings. The number of rotatable bonds is 2. The Morgan fingerprint density at radius 2 is 1.96 bits per heavy atom. The summed E-state index contributed by atoms with van der Waals surface area (Å²) in [4.78, 5) is 4.40. The Hall–Kier alpha value is -1.30. The van der Waals surface area contributed by atoms with Gasteiger partial charge in [-0.05, 0) is 36.1 Å². The van der Waals surface area contributed by atoms with Crippen molar-refractivity contribution in [2.24, 2.45) is 0 Å². The molecular formula is C16H15Cl2NO3S. The van der Waals surface area contributed by atoms with E-state index in [1.807, 2.05) is 13.0 Å². The number of hydrogen-bond acceptors (Lipinski definition) is 4. The van der Waals surface area contributed by atoms with Crippen molar-refractivity contribution < 1.29 is 13.2 Å². The van der Waals surface area contributed by atoms with Crippen LogP contribution in [0.2, 0.25) is 10.0 Å². The maximum Gasteiger partial charge on any atom is 0.217 e. The minimum absolute atomic E-state index is 0.118. The van der Waals surface area contributed by atoms with E-state index in [1.54, 1.807) is 18.2 Å². The number of ether oxygens (including phenoxy) is 1. The molecule has 3 rings (SSSR count). The van der Waals surface area contributed by atoms with E-state index in [0.717, 1.165) is 11.1 Å². The van der Waals surface area contributed by atoms with E-state index >= 15 is 0 Å². The van der Waals surface area contributed by atoms with Crippen LogP contribution >= 0.6 is 23.2 Å². The fourth-order valence-corrected chi connectivity index (χ4v) is 3.54. The molecule has 0 bridgehead atoms. The zero-order valence-electron chi connectivity index (χ0n) is 12.6. The first kappa shape index (κ1) is 16.6. The third-order valence-corrected chi connectivity index (χ3v) is 5.77. The van der Waals surface area contributed by atoms with Crippen LogP contribution in [-0.4, -0.2) is 19.7 Å². The molecule has 122 valence electrons. The first-order chi connectivity index (χ1) is 10.8. The number of nitrogens with zero attached hydrogens (tertiary/aromatic N) is 1. The molecule has 2 unspecified atom stereocenters. The molecule has 1 aliphatic heterocycles. The summed E-state index contributed by atoms with van der Waals surface area (Å²) in [7, 11) is -3.29. The van der Waals surface area contributed by atoms with Gasteiger partial charge in [-0.25, -0.2) is 13.4 Å². The van der Waals surface area contributed by atoms with Gasteiger partial charge in [-0.3, -0.25) is 0 Å². The Morgan fingerprint density at radius 3 is 2.61 bits per heavy atom. The molecular weight excluding hydrogens is 357 g/mol. The number of benzene rings is 1. The number of hydrogen-bond donors (Lipinski definition) is 0. The second-order valence-corrected chi connectivity index (χ2v) is 8.58. The van der Waals surface area contributed by atoms with Gasteiger partial charge in [0, 0.05) is 18.0 Å². The third-order valence-electron chi connectivity index (χ3n) is 3.95. The molecule has 0 radical (unpaired) electrons. The Bertz CT molecular complexity index is 868. The summed E-state index contributed by atoms with van der Waals surface area (Å²) in [6.45, 7) is 2.03. The number of sulfone groups is 1. The van der Waals surface area contributed by atoms with Gasteiger partial charge >= 0.3 is 0 Å². The fraction of sp³-hybridized carbons (Fsp3) is 0.312.